The molecule has 0 heterocycles. The summed E-state index contributed by atoms with van der Waals surface area (Å²) in [6.07, 6.45) is 1.35. The van der Waals surface area contributed by atoms with Crippen LogP contribution >= 0.6 is 0 Å². The summed E-state index contributed by atoms with van der Waals surface area (Å²) >= 11 is 0. The Bertz CT molecular complexity index is 1310. The van der Waals surface area contributed by atoms with Gasteiger partial charge in [-0.05, 0) is 54.3 Å². The number of nitrogens with one attached hydrogen (secondary N) is 2. The summed E-state index contributed by atoms with van der Waals surface area (Å²) in [4.78, 5) is 12.8. The molecule has 2 N–H and O–H groups in total. The van der Waals surface area contributed by atoms with Gasteiger partial charge in [0.05, 0.1) is 30.9 Å². The van der Waals surface area contributed by atoms with Gasteiger partial charge in [0.25, 0.3) is 0 Å². The number of hydrazone groups is 1. The van der Waals surface area contributed by atoms with Crippen molar-refractivity contribution in [3.05, 3.63) is 89.5 Å². The Kier molecular flexibility index (Phi) is 9.82. The fourth-order valence-electron chi connectivity index (χ4n) is 3.44. The number of rotatable bonds is 12. The molecular formula is C28H33N3O5S. The zero-order valence-electron chi connectivity index (χ0n) is 21.5. The summed E-state index contributed by atoms with van der Waals surface area (Å²) in [5, 5.41) is 4.03. The lowest BCUT2D eigenvalue weighted by molar-refractivity contribution is -0.121. The molecule has 37 heavy (non-hydrogen) atoms. The highest BCUT2D eigenvalue weighted by Crippen LogP contribution is 2.28. The molecule has 0 saturated heterocycles. The SMILES string of the molecule is COc1cc(/C=N\NC(=O)C[C@@H](NS(=O)(=O)c2ccc(C)cc2)c2ccccc2)ccc1OCC(C)C. The van der Waals surface area contributed by atoms with Crippen molar-refractivity contribution < 1.29 is 22.7 Å². The number of methoxy groups -OCH3 is 1. The molecule has 1 amide bonds. The Morgan fingerprint density at radius 3 is 2.35 bits per heavy atom. The Labute approximate surface area is 218 Å². The number of hydrogen-bond donors (Lipinski definition) is 2. The van der Waals surface area contributed by atoms with Crippen molar-refractivity contribution in [2.24, 2.45) is 11.0 Å². The number of aryl methyl sites for hydroxylation is 1. The molecule has 0 aliphatic heterocycles. The van der Waals surface area contributed by atoms with Gasteiger partial charge in [0.1, 0.15) is 0 Å². The van der Waals surface area contributed by atoms with E-state index in [0.717, 1.165) is 5.56 Å². The van der Waals surface area contributed by atoms with E-state index in [1.165, 1.54) is 18.3 Å². The van der Waals surface area contributed by atoms with Crippen LogP contribution in [0, 0.1) is 12.8 Å². The first kappa shape index (κ1) is 27.9. The lowest BCUT2D eigenvalue weighted by Crippen LogP contribution is -2.32. The number of hydrogen-bond acceptors (Lipinski definition) is 6. The molecule has 0 radical (unpaired) electrons. The second-order valence-corrected chi connectivity index (χ2v) is 10.7. The van der Waals surface area contributed by atoms with Crippen LogP contribution in [0.4, 0.5) is 0 Å². The predicted molar refractivity (Wildman–Crippen MR) is 144 cm³/mol. The Morgan fingerprint density at radius 2 is 1.70 bits per heavy atom. The maximum Gasteiger partial charge on any atom is 0.242 e. The van der Waals surface area contributed by atoms with E-state index in [2.05, 4.69) is 29.1 Å². The Hall–Kier alpha value is -3.69. The van der Waals surface area contributed by atoms with Crippen LogP contribution in [0.1, 0.15) is 43.0 Å². The summed E-state index contributed by atoms with van der Waals surface area (Å²) in [5.41, 5.74) is 4.80. The molecule has 0 bridgehead atoms. The van der Waals surface area contributed by atoms with Crippen LogP contribution in [-0.4, -0.2) is 34.3 Å². The van der Waals surface area contributed by atoms with Crippen molar-refractivity contribution in [2.45, 2.75) is 38.1 Å². The summed E-state index contributed by atoms with van der Waals surface area (Å²) in [6, 6.07) is 20.1. The molecule has 0 saturated carbocycles. The first-order valence-corrected chi connectivity index (χ1v) is 13.4. The van der Waals surface area contributed by atoms with Gasteiger partial charge < -0.3 is 9.47 Å². The van der Waals surface area contributed by atoms with Gasteiger partial charge >= 0.3 is 0 Å². The highest BCUT2D eigenvalue weighted by molar-refractivity contribution is 7.89. The number of sulfonamides is 1. The summed E-state index contributed by atoms with van der Waals surface area (Å²) < 4.78 is 39.8. The smallest absolute Gasteiger partial charge is 0.242 e. The molecule has 0 unspecified atom stereocenters. The third-order valence-electron chi connectivity index (χ3n) is 5.38. The van der Waals surface area contributed by atoms with Crippen LogP contribution in [0.5, 0.6) is 11.5 Å². The van der Waals surface area contributed by atoms with Gasteiger partial charge in [-0.3, -0.25) is 4.79 Å². The van der Waals surface area contributed by atoms with Gasteiger partial charge in [-0.25, -0.2) is 18.6 Å². The van der Waals surface area contributed by atoms with Gasteiger partial charge in [-0.2, -0.15) is 5.10 Å². The molecule has 0 aliphatic rings. The first-order chi connectivity index (χ1) is 17.7. The number of amides is 1. The van der Waals surface area contributed by atoms with Crippen LogP contribution in [0.15, 0.2) is 82.8 Å². The second kappa shape index (κ2) is 13.0. The van der Waals surface area contributed by atoms with Crippen molar-refractivity contribution in [1.82, 2.24) is 10.1 Å². The molecule has 0 fully saturated rings. The molecule has 3 rings (SSSR count). The topological polar surface area (TPSA) is 106 Å². The second-order valence-electron chi connectivity index (χ2n) is 9.01. The van der Waals surface area contributed by atoms with Crippen molar-refractivity contribution in [2.75, 3.05) is 13.7 Å². The predicted octanol–water partition coefficient (Wildman–Crippen LogP) is 4.60. The summed E-state index contributed by atoms with van der Waals surface area (Å²) in [5.74, 6) is 1.12. The molecule has 0 aromatic heterocycles. The van der Waals surface area contributed by atoms with Crippen molar-refractivity contribution >= 4 is 22.1 Å². The number of carbonyl (C=O) groups is 1. The number of carbonyl (C=O) groups excluding carboxylic acids is 1. The summed E-state index contributed by atoms with van der Waals surface area (Å²) in [7, 11) is -2.29. The quantitative estimate of drug-likeness (QED) is 0.267. The van der Waals surface area contributed by atoms with Crippen LogP contribution < -0.4 is 19.6 Å². The van der Waals surface area contributed by atoms with E-state index >= 15 is 0 Å². The van der Waals surface area contributed by atoms with E-state index < -0.39 is 22.0 Å². The molecular weight excluding hydrogens is 490 g/mol. The van der Waals surface area contributed by atoms with Crippen LogP contribution in [0.2, 0.25) is 0 Å². The van der Waals surface area contributed by atoms with E-state index in [1.807, 2.05) is 13.0 Å². The maximum atomic E-state index is 13.0. The fraction of sp³-hybridized carbons (Fsp3) is 0.286. The lowest BCUT2D eigenvalue weighted by atomic mass is 10.0. The van der Waals surface area contributed by atoms with E-state index in [9.17, 15) is 13.2 Å². The lowest BCUT2D eigenvalue weighted by Gasteiger charge is -2.18. The zero-order chi connectivity index (χ0) is 26.8. The molecule has 196 valence electrons. The highest BCUT2D eigenvalue weighted by Gasteiger charge is 2.23. The maximum absolute atomic E-state index is 13.0. The third kappa shape index (κ3) is 8.44. The largest absolute Gasteiger partial charge is 0.493 e. The number of benzene rings is 3. The van der Waals surface area contributed by atoms with E-state index in [1.54, 1.807) is 61.7 Å². The average molecular weight is 524 g/mol. The molecule has 3 aromatic carbocycles. The molecule has 0 aliphatic carbocycles. The minimum atomic E-state index is -3.85. The van der Waals surface area contributed by atoms with E-state index in [0.29, 0.717) is 35.2 Å². The fourth-order valence-corrected chi connectivity index (χ4v) is 4.66. The molecule has 3 aromatic rings. The van der Waals surface area contributed by atoms with Gasteiger partial charge in [0.15, 0.2) is 11.5 Å². The van der Waals surface area contributed by atoms with Crippen molar-refractivity contribution in [1.29, 1.82) is 0 Å². The zero-order valence-corrected chi connectivity index (χ0v) is 22.3. The molecule has 9 heteroatoms. The standard InChI is InChI=1S/C28H33N3O5S/c1-20(2)19-36-26-15-12-22(16-27(26)35-4)18-29-30-28(32)17-25(23-8-6-5-7-9-23)31-37(33,34)24-13-10-21(3)11-14-24/h5-16,18,20,25,31H,17,19H2,1-4H3,(H,30,32)/b29-18-/t25-/m1/s1. The number of nitrogens with zero attached hydrogens (tertiary/aromatic N) is 1. The molecule has 1 atom stereocenters. The van der Waals surface area contributed by atoms with Crippen molar-refractivity contribution in [3.63, 3.8) is 0 Å². The normalized spacial score (nSPS) is 12.5. The minimum Gasteiger partial charge on any atom is -0.493 e. The van der Waals surface area contributed by atoms with Gasteiger partial charge in [-0.1, -0.05) is 61.9 Å². The van der Waals surface area contributed by atoms with Crippen LogP contribution in [-0.2, 0) is 14.8 Å². The Balaban J connectivity index is 1.69. The molecule has 0 spiro atoms. The number of ether oxygens (including phenoxy) is 2. The van der Waals surface area contributed by atoms with Crippen molar-refractivity contribution in [3.8, 4) is 11.5 Å². The third-order valence-corrected chi connectivity index (χ3v) is 6.87. The van der Waals surface area contributed by atoms with Crippen LogP contribution in [0.3, 0.4) is 0 Å². The highest BCUT2D eigenvalue weighted by atomic mass is 32.2. The van der Waals surface area contributed by atoms with Crippen LogP contribution in [0.25, 0.3) is 0 Å². The van der Waals surface area contributed by atoms with E-state index in [-0.39, 0.29) is 11.3 Å². The monoisotopic (exact) mass is 523 g/mol. The molecule has 8 nitrogen and oxygen atoms in total. The minimum absolute atomic E-state index is 0.132. The van der Waals surface area contributed by atoms with Gasteiger partial charge in [0.2, 0.25) is 15.9 Å². The van der Waals surface area contributed by atoms with E-state index in [4.69, 9.17) is 9.47 Å². The van der Waals surface area contributed by atoms with Gasteiger partial charge in [-0.15, -0.1) is 0 Å². The first-order valence-electron chi connectivity index (χ1n) is 11.9. The average Bonchev–Trinajstić information content (AvgIpc) is 2.88. The summed E-state index contributed by atoms with van der Waals surface area (Å²) in [6.45, 7) is 6.57. The Morgan fingerprint density at radius 1 is 1.00 bits per heavy atom. The van der Waals surface area contributed by atoms with Gasteiger partial charge in [0, 0.05) is 6.42 Å².